The van der Waals surface area contributed by atoms with Gasteiger partial charge >= 0.3 is 6.03 Å². The van der Waals surface area contributed by atoms with Crippen LogP contribution in [0.5, 0.6) is 5.75 Å². The molecule has 2 atom stereocenters. The minimum atomic E-state index is -1.05. The van der Waals surface area contributed by atoms with E-state index in [4.69, 9.17) is 37.9 Å². The number of hydrogen-bond donors (Lipinski definition) is 1. The summed E-state index contributed by atoms with van der Waals surface area (Å²) < 4.78 is 6.28. The summed E-state index contributed by atoms with van der Waals surface area (Å²) in [6, 6.07) is 20.8. The number of amides is 3. The third-order valence-corrected chi connectivity index (χ3v) is 10.8. The molecule has 0 aliphatic carbocycles. The lowest BCUT2D eigenvalue weighted by atomic mass is 9.71. The molecule has 2 aromatic carbocycles. The number of pyridine rings is 2. The van der Waals surface area contributed by atoms with E-state index < -0.39 is 11.1 Å². The molecule has 53 heavy (non-hydrogen) atoms. The lowest BCUT2D eigenvalue weighted by Crippen LogP contribution is -2.61. The summed E-state index contributed by atoms with van der Waals surface area (Å²) in [5.41, 5.74) is 1.88. The van der Waals surface area contributed by atoms with Crippen LogP contribution in [0.15, 0.2) is 90.3 Å². The van der Waals surface area contributed by atoms with E-state index in [0.29, 0.717) is 66.5 Å². The normalized spacial score (nSPS) is 20.6. The predicted molar refractivity (Wildman–Crippen MR) is 210 cm³/mol. The van der Waals surface area contributed by atoms with E-state index in [0.717, 1.165) is 22.4 Å². The van der Waals surface area contributed by atoms with Crippen molar-refractivity contribution in [2.45, 2.75) is 64.6 Å². The van der Waals surface area contributed by atoms with E-state index in [9.17, 15) is 4.79 Å². The van der Waals surface area contributed by atoms with Gasteiger partial charge in [0.15, 0.2) is 0 Å². The number of carbonyl (C=O) groups excluding carboxylic acids is 2. The fourth-order valence-electron chi connectivity index (χ4n) is 7.06. The zero-order valence-electron chi connectivity index (χ0n) is 31.2. The SMILES string of the molecule is CCOc1cc(C(C)(C)C)ncc1C1=N[C@@](C)(c2ccc(Cl)cc2)[C@@](C)(c2ccc(Cl)cc2)N1C(=O)N1CCN(CC(=O)NCc2cccnc2)CC1. The number of aromatic nitrogens is 2. The number of urea groups is 1. The Kier molecular flexibility index (Phi) is 11.1. The van der Waals surface area contributed by atoms with Crippen LogP contribution >= 0.6 is 23.2 Å². The second-order valence-electron chi connectivity index (χ2n) is 14.9. The Morgan fingerprint density at radius 1 is 0.906 bits per heavy atom. The molecule has 0 unspecified atom stereocenters. The first kappa shape index (κ1) is 38.2. The molecule has 2 aliphatic rings. The van der Waals surface area contributed by atoms with Crippen LogP contribution in [0.1, 0.15) is 69.5 Å². The summed E-state index contributed by atoms with van der Waals surface area (Å²) in [7, 11) is 0. The van der Waals surface area contributed by atoms with E-state index in [1.807, 2.05) is 83.5 Å². The molecule has 0 radical (unpaired) electrons. The third kappa shape index (κ3) is 7.77. The minimum absolute atomic E-state index is 0.0775. The van der Waals surface area contributed by atoms with Gasteiger partial charge in [-0.15, -0.1) is 0 Å². The second-order valence-corrected chi connectivity index (χ2v) is 15.7. The number of nitrogens with zero attached hydrogens (tertiary/aromatic N) is 6. The van der Waals surface area contributed by atoms with Gasteiger partial charge in [-0.3, -0.25) is 29.6 Å². The molecule has 2 aliphatic heterocycles. The number of piperazine rings is 1. The average Bonchev–Trinajstić information content (AvgIpc) is 3.39. The van der Waals surface area contributed by atoms with Gasteiger partial charge in [0, 0.05) is 78.5 Å². The minimum Gasteiger partial charge on any atom is -0.493 e. The van der Waals surface area contributed by atoms with Crippen molar-refractivity contribution >= 4 is 41.0 Å². The molecule has 6 rings (SSSR count). The number of rotatable bonds is 9. The molecule has 278 valence electrons. The summed E-state index contributed by atoms with van der Waals surface area (Å²) in [5.74, 6) is 0.981. The zero-order valence-corrected chi connectivity index (χ0v) is 32.7. The van der Waals surface area contributed by atoms with Crippen molar-refractivity contribution in [3.8, 4) is 5.75 Å². The Hall–Kier alpha value is -4.51. The molecule has 4 heterocycles. The molecule has 4 aromatic rings. The number of carbonyl (C=O) groups is 2. The first-order valence-electron chi connectivity index (χ1n) is 18.0. The Labute approximate surface area is 322 Å². The predicted octanol–water partition coefficient (Wildman–Crippen LogP) is 7.43. The summed E-state index contributed by atoms with van der Waals surface area (Å²) in [6.07, 6.45) is 5.22. The summed E-state index contributed by atoms with van der Waals surface area (Å²) in [6.45, 7) is 15.3. The van der Waals surface area contributed by atoms with Crippen LogP contribution in [-0.2, 0) is 27.8 Å². The molecule has 0 bridgehead atoms. The Morgan fingerprint density at radius 3 is 2.13 bits per heavy atom. The molecule has 10 nitrogen and oxygen atoms in total. The fourth-order valence-corrected chi connectivity index (χ4v) is 7.31. The maximum Gasteiger partial charge on any atom is 0.326 e. The molecule has 2 aromatic heterocycles. The van der Waals surface area contributed by atoms with Crippen LogP contribution in [0.25, 0.3) is 0 Å². The van der Waals surface area contributed by atoms with Crippen molar-refractivity contribution in [3.63, 3.8) is 0 Å². The number of ether oxygens (including phenoxy) is 1. The Balaban J connectivity index is 1.38. The van der Waals surface area contributed by atoms with Gasteiger partial charge in [-0.25, -0.2) is 4.79 Å². The smallest absolute Gasteiger partial charge is 0.326 e. The summed E-state index contributed by atoms with van der Waals surface area (Å²) in [4.78, 5) is 48.4. The van der Waals surface area contributed by atoms with Gasteiger partial charge in [0.1, 0.15) is 22.7 Å². The highest BCUT2D eigenvalue weighted by molar-refractivity contribution is 6.30. The first-order chi connectivity index (χ1) is 25.2. The van der Waals surface area contributed by atoms with E-state index in [1.165, 1.54) is 0 Å². The lowest BCUT2D eigenvalue weighted by molar-refractivity contribution is -0.122. The monoisotopic (exact) mass is 755 g/mol. The van der Waals surface area contributed by atoms with Crippen LogP contribution in [-0.4, -0.2) is 81.8 Å². The second kappa shape index (κ2) is 15.5. The first-order valence-corrected chi connectivity index (χ1v) is 18.7. The van der Waals surface area contributed by atoms with Gasteiger partial charge in [0.05, 0.1) is 18.7 Å². The number of nitrogens with one attached hydrogen (secondary N) is 1. The van der Waals surface area contributed by atoms with E-state index in [2.05, 4.69) is 49.8 Å². The molecule has 3 amide bonds. The number of amidine groups is 1. The number of halogens is 2. The topological polar surface area (TPSA) is 103 Å². The van der Waals surface area contributed by atoms with E-state index >= 15 is 4.79 Å². The van der Waals surface area contributed by atoms with Crippen LogP contribution < -0.4 is 10.1 Å². The van der Waals surface area contributed by atoms with Crippen molar-refractivity contribution < 1.29 is 14.3 Å². The van der Waals surface area contributed by atoms with Gasteiger partial charge in [0.2, 0.25) is 5.91 Å². The van der Waals surface area contributed by atoms with Gasteiger partial charge in [0.25, 0.3) is 0 Å². The maximum absolute atomic E-state index is 15.3. The number of benzene rings is 2. The fraction of sp³-hybridized carbons (Fsp3) is 0.390. The van der Waals surface area contributed by atoms with Crippen LogP contribution in [0.4, 0.5) is 4.79 Å². The van der Waals surface area contributed by atoms with Crippen molar-refractivity contribution in [2.75, 3.05) is 39.3 Å². The van der Waals surface area contributed by atoms with Gasteiger partial charge in [-0.05, 0) is 67.8 Å². The number of aliphatic imine (C=N–C) groups is 1. The zero-order chi connectivity index (χ0) is 38.0. The molecule has 0 saturated carbocycles. The maximum atomic E-state index is 15.3. The highest BCUT2D eigenvalue weighted by Gasteiger charge is 2.60. The van der Waals surface area contributed by atoms with E-state index in [1.54, 1.807) is 18.6 Å². The van der Waals surface area contributed by atoms with Gasteiger partial charge in [-0.2, -0.15) is 0 Å². The third-order valence-electron chi connectivity index (χ3n) is 10.3. The highest BCUT2D eigenvalue weighted by atomic mass is 35.5. The highest BCUT2D eigenvalue weighted by Crippen LogP contribution is 2.54. The van der Waals surface area contributed by atoms with Crippen LogP contribution in [0.3, 0.4) is 0 Å². The Morgan fingerprint density at radius 2 is 1.55 bits per heavy atom. The summed E-state index contributed by atoms with van der Waals surface area (Å²) in [5, 5.41) is 4.17. The molecule has 0 spiro atoms. The van der Waals surface area contributed by atoms with Crippen molar-refractivity contribution in [3.05, 3.63) is 123 Å². The van der Waals surface area contributed by atoms with E-state index in [-0.39, 0.29) is 23.9 Å². The van der Waals surface area contributed by atoms with Crippen molar-refractivity contribution in [1.82, 2.24) is 30.0 Å². The number of hydrogen-bond acceptors (Lipinski definition) is 7. The Bertz CT molecular complexity index is 1960. The summed E-state index contributed by atoms with van der Waals surface area (Å²) >= 11 is 12.8. The van der Waals surface area contributed by atoms with Crippen molar-refractivity contribution in [1.29, 1.82) is 0 Å². The van der Waals surface area contributed by atoms with Crippen LogP contribution in [0, 0.1) is 0 Å². The van der Waals surface area contributed by atoms with Crippen molar-refractivity contribution in [2.24, 2.45) is 4.99 Å². The molecule has 1 fully saturated rings. The standard InChI is InChI=1S/C41H47Cl2N7O3/c1-7-53-34-23-35(39(2,3)4)45-26-33(34)37-47-40(5,29-10-14-31(42)15-11-29)41(6,30-12-16-32(43)17-13-30)50(37)38(52)49-21-19-48(20-22-49)27-36(51)46-25-28-9-8-18-44-24-28/h8-18,23-24,26H,7,19-22,25,27H2,1-6H3,(H,46,51)/t40-,41+/m0/s1. The van der Waals surface area contributed by atoms with Gasteiger partial charge < -0.3 is 15.0 Å². The molecular weight excluding hydrogens is 709 g/mol. The molecule has 1 N–H and O–H groups in total. The lowest BCUT2D eigenvalue weighted by Gasteiger charge is -2.47. The molecule has 1 saturated heterocycles. The van der Waals surface area contributed by atoms with Gasteiger partial charge in [-0.1, -0.05) is 74.3 Å². The van der Waals surface area contributed by atoms with Crippen LogP contribution in [0.2, 0.25) is 10.0 Å². The molecule has 12 heteroatoms. The average molecular weight is 757 g/mol. The molecular formula is C41H47Cl2N7O3. The quantitative estimate of drug-likeness (QED) is 0.191. The largest absolute Gasteiger partial charge is 0.493 e.